The van der Waals surface area contributed by atoms with Gasteiger partial charge in [-0.2, -0.15) is 0 Å². The largest absolute Gasteiger partial charge is 0.355 e. The van der Waals surface area contributed by atoms with Gasteiger partial charge in [0.15, 0.2) is 0 Å². The summed E-state index contributed by atoms with van der Waals surface area (Å²) in [6.45, 7) is 5.08. The van der Waals surface area contributed by atoms with Crippen molar-refractivity contribution in [2.24, 2.45) is 0 Å². The lowest BCUT2D eigenvalue weighted by atomic mass is 10.2. The molecule has 1 fully saturated rings. The number of pyridine rings is 1. The Balaban J connectivity index is 1.11. The highest BCUT2D eigenvalue weighted by molar-refractivity contribution is 5.80. The summed E-state index contributed by atoms with van der Waals surface area (Å²) in [5.41, 5.74) is 1.97. The smallest absolute Gasteiger partial charge is 0.296 e. The predicted molar refractivity (Wildman–Crippen MR) is 124 cm³/mol. The Morgan fingerprint density at radius 2 is 1.77 bits per heavy atom. The molecule has 1 aliphatic rings. The highest BCUT2D eigenvalue weighted by atomic mass is 16.1. The summed E-state index contributed by atoms with van der Waals surface area (Å²) < 4.78 is 1.17. The molecule has 4 heterocycles. The first kappa shape index (κ1) is 19.6. The van der Waals surface area contributed by atoms with E-state index in [2.05, 4.69) is 44.0 Å². The van der Waals surface area contributed by atoms with Crippen LogP contribution in [0.3, 0.4) is 0 Å². The minimum atomic E-state index is -0.219. The van der Waals surface area contributed by atoms with Crippen LogP contribution < -0.4 is 16.3 Å². The van der Waals surface area contributed by atoms with E-state index in [-0.39, 0.29) is 5.56 Å². The first-order valence-electron chi connectivity index (χ1n) is 10.9. The summed E-state index contributed by atoms with van der Waals surface area (Å²) in [4.78, 5) is 29.4. The van der Waals surface area contributed by atoms with E-state index < -0.39 is 0 Å². The number of unbranched alkanes of at least 4 members (excludes halogenated alkanes) is 1. The maximum atomic E-state index is 12.3. The van der Waals surface area contributed by atoms with Gasteiger partial charge in [-0.3, -0.25) is 9.69 Å². The molecule has 0 amide bonds. The molecule has 1 aliphatic heterocycles. The molecule has 0 bridgehead atoms. The Labute approximate surface area is 180 Å². The Bertz CT molecular complexity index is 1250. The number of nitrogens with two attached hydrogens (primary N) is 1. The molecule has 0 spiro atoms. The molecule has 1 aromatic carbocycles. The first-order chi connectivity index (χ1) is 15.2. The third kappa shape index (κ3) is 3.98. The Morgan fingerprint density at radius 3 is 2.65 bits per heavy atom. The van der Waals surface area contributed by atoms with E-state index in [1.54, 1.807) is 6.20 Å². The van der Waals surface area contributed by atoms with Gasteiger partial charge in [0.1, 0.15) is 17.2 Å². The number of anilines is 1. The summed E-state index contributed by atoms with van der Waals surface area (Å²) in [5.74, 6) is 7.64. The lowest BCUT2D eigenvalue weighted by Crippen LogP contribution is -2.46. The lowest BCUT2D eigenvalue weighted by Gasteiger charge is -2.35. The van der Waals surface area contributed by atoms with Gasteiger partial charge < -0.3 is 15.7 Å². The number of nitrogens with one attached hydrogen (secondary N) is 1. The predicted octanol–water partition coefficient (Wildman–Crippen LogP) is 2.13. The first-order valence-corrected chi connectivity index (χ1v) is 10.9. The van der Waals surface area contributed by atoms with Crippen LogP contribution in [0.4, 0.5) is 5.82 Å². The normalized spacial score (nSPS) is 15.2. The molecule has 0 atom stereocenters. The zero-order valence-electron chi connectivity index (χ0n) is 17.5. The Kier molecular flexibility index (Phi) is 5.30. The molecule has 0 radical (unpaired) electrons. The zero-order valence-corrected chi connectivity index (χ0v) is 17.5. The Hall–Kier alpha value is -3.39. The maximum Gasteiger partial charge on any atom is 0.296 e. The quantitative estimate of drug-likeness (QED) is 0.369. The molecule has 0 saturated carbocycles. The van der Waals surface area contributed by atoms with Gasteiger partial charge in [-0.1, -0.05) is 18.2 Å². The van der Waals surface area contributed by atoms with Gasteiger partial charge in [0.05, 0.1) is 11.0 Å². The maximum absolute atomic E-state index is 12.3. The molecule has 0 aliphatic carbocycles. The van der Waals surface area contributed by atoms with Crippen LogP contribution in [0.5, 0.6) is 0 Å². The van der Waals surface area contributed by atoms with Crippen molar-refractivity contribution in [1.82, 2.24) is 24.5 Å². The van der Waals surface area contributed by atoms with Gasteiger partial charge >= 0.3 is 0 Å². The molecule has 3 aromatic heterocycles. The van der Waals surface area contributed by atoms with Gasteiger partial charge in [0, 0.05) is 44.2 Å². The van der Waals surface area contributed by atoms with Crippen molar-refractivity contribution in [1.29, 1.82) is 0 Å². The number of aromatic amines is 1. The molecule has 3 N–H and O–H groups in total. The summed E-state index contributed by atoms with van der Waals surface area (Å²) >= 11 is 0. The van der Waals surface area contributed by atoms with Gasteiger partial charge in [-0.05, 0) is 43.7 Å². The van der Waals surface area contributed by atoms with E-state index in [0.29, 0.717) is 23.3 Å². The number of hydrogen-bond donors (Lipinski definition) is 2. The lowest BCUT2D eigenvalue weighted by molar-refractivity contribution is 0.252. The average molecular weight is 418 g/mol. The number of nitrogens with zero attached hydrogens (tertiary/aromatic N) is 5. The van der Waals surface area contributed by atoms with Crippen LogP contribution >= 0.6 is 0 Å². The number of rotatable bonds is 6. The fourth-order valence-corrected chi connectivity index (χ4v) is 4.28. The monoisotopic (exact) mass is 417 g/mol. The number of nitrogen functional groups attached to an aromatic ring is 1. The van der Waals surface area contributed by atoms with Gasteiger partial charge in [0.25, 0.3) is 5.56 Å². The number of fused-ring (bicyclic) bond motifs is 2. The molecule has 8 heteroatoms. The van der Waals surface area contributed by atoms with E-state index in [1.165, 1.54) is 10.1 Å². The van der Waals surface area contributed by atoms with Gasteiger partial charge in [-0.25, -0.2) is 14.6 Å². The van der Waals surface area contributed by atoms with E-state index in [9.17, 15) is 4.79 Å². The SMILES string of the molecule is Nn1c(CCCCN2CCN(c3ccc4ccccc4n3)CC2)nc2cc[nH]c2c1=O. The van der Waals surface area contributed by atoms with Crippen molar-refractivity contribution in [3.63, 3.8) is 0 Å². The van der Waals surface area contributed by atoms with Crippen LogP contribution in [0.1, 0.15) is 18.7 Å². The van der Waals surface area contributed by atoms with Crippen LogP contribution in [-0.4, -0.2) is 57.3 Å². The second-order valence-electron chi connectivity index (χ2n) is 8.09. The van der Waals surface area contributed by atoms with E-state index in [4.69, 9.17) is 10.8 Å². The highest BCUT2D eigenvalue weighted by Gasteiger charge is 2.18. The summed E-state index contributed by atoms with van der Waals surface area (Å²) in [6.07, 6.45) is 4.42. The third-order valence-corrected chi connectivity index (χ3v) is 6.09. The van der Waals surface area contributed by atoms with E-state index >= 15 is 0 Å². The molecule has 0 unspecified atom stereocenters. The summed E-state index contributed by atoms with van der Waals surface area (Å²) in [7, 11) is 0. The molecule has 5 rings (SSSR count). The number of aryl methyl sites for hydroxylation is 1. The van der Waals surface area contributed by atoms with E-state index in [0.717, 1.165) is 56.9 Å². The minimum Gasteiger partial charge on any atom is -0.355 e. The van der Waals surface area contributed by atoms with Crippen molar-refractivity contribution in [3.05, 3.63) is 64.8 Å². The van der Waals surface area contributed by atoms with Gasteiger partial charge in [-0.15, -0.1) is 0 Å². The van der Waals surface area contributed by atoms with E-state index in [1.807, 2.05) is 18.2 Å². The summed E-state index contributed by atoms with van der Waals surface area (Å²) in [6, 6.07) is 14.3. The van der Waals surface area contributed by atoms with Crippen LogP contribution in [0, 0.1) is 0 Å². The van der Waals surface area contributed by atoms with Crippen LogP contribution in [0.15, 0.2) is 53.5 Å². The van der Waals surface area contributed by atoms with Crippen molar-refractivity contribution in [2.75, 3.05) is 43.5 Å². The number of hydrogen-bond acceptors (Lipinski definition) is 6. The molecule has 160 valence electrons. The van der Waals surface area contributed by atoms with Crippen molar-refractivity contribution in [2.45, 2.75) is 19.3 Å². The van der Waals surface area contributed by atoms with Crippen molar-refractivity contribution < 1.29 is 0 Å². The molecule has 8 nitrogen and oxygen atoms in total. The zero-order chi connectivity index (χ0) is 21.2. The second kappa shape index (κ2) is 8.39. The second-order valence-corrected chi connectivity index (χ2v) is 8.09. The molecular formula is C23H27N7O. The number of aromatic nitrogens is 4. The number of H-pyrrole nitrogens is 1. The fourth-order valence-electron chi connectivity index (χ4n) is 4.28. The number of para-hydroxylation sites is 1. The number of piperazine rings is 1. The number of benzene rings is 1. The fraction of sp³-hybridized carbons (Fsp3) is 0.348. The topological polar surface area (TPSA) is 96.1 Å². The minimum absolute atomic E-state index is 0.219. The summed E-state index contributed by atoms with van der Waals surface area (Å²) in [5, 5.41) is 1.18. The van der Waals surface area contributed by atoms with Crippen molar-refractivity contribution in [3.8, 4) is 0 Å². The van der Waals surface area contributed by atoms with Crippen molar-refractivity contribution >= 4 is 27.8 Å². The highest BCUT2D eigenvalue weighted by Crippen LogP contribution is 2.19. The average Bonchev–Trinajstić information content (AvgIpc) is 3.28. The molecule has 1 saturated heterocycles. The molecular weight excluding hydrogens is 390 g/mol. The molecule has 31 heavy (non-hydrogen) atoms. The van der Waals surface area contributed by atoms with Crippen LogP contribution in [0.25, 0.3) is 21.9 Å². The van der Waals surface area contributed by atoms with Crippen LogP contribution in [0.2, 0.25) is 0 Å². The third-order valence-electron chi connectivity index (χ3n) is 6.09. The van der Waals surface area contributed by atoms with Gasteiger partial charge in [0.2, 0.25) is 0 Å². The van der Waals surface area contributed by atoms with Crippen LogP contribution in [-0.2, 0) is 6.42 Å². The standard InChI is InChI=1S/C23H27N7O/c24-30-21(27-19-10-11-25-22(19)23(30)31)7-3-4-12-28-13-15-29(16-14-28)20-9-8-17-5-1-2-6-18(17)26-20/h1-2,5-6,8-11,25H,3-4,7,12-16,24H2. The molecule has 4 aromatic rings. The Morgan fingerprint density at radius 1 is 0.935 bits per heavy atom.